The Morgan fingerprint density at radius 1 is 1.12 bits per heavy atom. The van der Waals surface area contributed by atoms with Crippen molar-refractivity contribution in [1.29, 1.82) is 0 Å². The van der Waals surface area contributed by atoms with Crippen LogP contribution in [0.3, 0.4) is 0 Å². The van der Waals surface area contributed by atoms with Crippen LogP contribution in [0.2, 0.25) is 0 Å². The number of nitrogens with two attached hydrogens (primary N) is 1. The zero-order chi connectivity index (χ0) is 11.5. The van der Waals surface area contributed by atoms with Gasteiger partial charge in [0.05, 0.1) is 0 Å². The van der Waals surface area contributed by atoms with E-state index in [2.05, 4.69) is 19.3 Å². The molecule has 2 heteroatoms. The van der Waals surface area contributed by atoms with E-state index >= 15 is 0 Å². The maximum Gasteiger partial charge on any atom is 0.0241 e. The minimum absolute atomic E-state index is 0.579. The predicted octanol–water partition coefficient (Wildman–Crippen LogP) is 3.08. The van der Waals surface area contributed by atoms with E-state index in [4.69, 9.17) is 5.84 Å². The lowest BCUT2D eigenvalue weighted by atomic mass is 9.70. The van der Waals surface area contributed by atoms with Crippen molar-refractivity contribution in [3.63, 3.8) is 0 Å². The lowest BCUT2D eigenvalue weighted by molar-refractivity contribution is 0.144. The first-order valence-corrected chi connectivity index (χ1v) is 7.15. The van der Waals surface area contributed by atoms with E-state index in [1.54, 1.807) is 0 Å². The first kappa shape index (κ1) is 12.4. The number of rotatable bonds is 4. The molecular formula is C14H28N2. The van der Waals surface area contributed by atoms with Crippen LogP contribution in [0.25, 0.3) is 0 Å². The normalized spacial score (nSPS) is 38.1. The molecule has 0 amide bonds. The molecule has 0 spiro atoms. The summed E-state index contributed by atoms with van der Waals surface area (Å²) in [6, 6.07) is 0.579. The van der Waals surface area contributed by atoms with Crippen LogP contribution in [0, 0.1) is 23.7 Å². The summed E-state index contributed by atoms with van der Waals surface area (Å²) in [5, 5.41) is 0. The largest absolute Gasteiger partial charge is 0.271 e. The molecule has 2 aliphatic carbocycles. The van der Waals surface area contributed by atoms with E-state index in [9.17, 15) is 0 Å². The standard InChI is InChI=1S/C14H28N2/c1-10-6-11(2)8-13(7-10)14(16-15)9-12-4-3-5-12/h10-14,16H,3-9,15H2,1-2H3. The highest BCUT2D eigenvalue weighted by molar-refractivity contribution is 4.85. The van der Waals surface area contributed by atoms with Crippen LogP contribution >= 0.6 is 0 Å². The highest BCUT2D eigenvalue weighted by atomic mass is 15.2. The molecule has 0 bridgehead atoms. The molecule has 3 N–H and O–H groups in total. The number of hydrazine groups is 1. The second kappa shape index (κ2) is 5.50. The van der Waals surface area contributed by atoms with Crippen molar-refractivity contribution >= 4 is 0 Å². The van der Waals surface area contributed by atoms with E-state index in [0.29, 0.717) is 6.04 Å². The molecule has 0 aliphatic heterocycles. The van der Waals surface area contributed by atoms with Crippen molar-refractivity contribution in [2.75, 3.05) is 0 Å². The van der Waals surface area contributed by atoms with Crippen LogP contribution in [-0.4, -0.2) is 6.04 Å². The molecule has 0 heterocycles. The topological polar surface area (TPSA) is 38.0 Å². The summed E-state index contributed by atoms with van der Waals surface area (Å²) >= 11 is 0. The molecule has 0 aromatic carbocycles. The Morgan fingerprint density at radius 3 is 2.19 bits per heavy atom. The predicted molar refractivity (Wildman–Crippen MR) is 68.7 cm³/mol. The zero-order valence-electron chi connectivity index (χ0n) is 10.9. The molecule has 2 aliphatic rings. The first-order valence-electron chi connectivity index (χ1n) is 7.15. The van der Waals surface area contributed by atoms with E-state index in [-0.39, 0.29) is 0 Å². The highest BCUT2D eigenvalue weighted by Gasteiger charge is 2.32. The molecule has 0 aromatic heterocycles. The number of hydrogen-bond acceptors (Lipinski definition) is 2. The van der Waals surface area contributed by atoms with Crippen molar-refractivity contribution in [2.24, 2.45) is 29.5 Å². The van der Waals surface area contributed by atoms with Gasteiger partial charge in [0, 0.05) is 6.04 Å². The molecule has 2 rings (SSSR count). The van der Waals surface area contributed by atoms with Crippen LogP contribution in [0.5, 0.6) is 0 Å². The Bertz CT molecular complexity index is 203. The van der Waals surface area contributed by atoms with Crippen molar-refractivity contribution in [3.05, 3.63) is 0 Å². The summed E-state index contributed by atoms with van der Waals surface area (Å²) in [4.78, 5) is 0. The molecule has 2 saturated carbocycles. The molecule has 16 heavy (non-hydrogen) atoms. The number of hydrogen-bond donors (Lipinski definition) is 2. The van der Waals surface area contributed by atoms with Crippen LogP contribution in [0.1, 0.15) is 58.8 Å². The van der Waals surface area contributed by atoms with Gasteiger partial charge in [0.2, 0.25) is 0 Å². The van der Waals surface area contributed by atoms with E-state index in [1.165, 1.54) is 44.9 Å². The van der Waals surface area contributed by atoms with Crippen LogP contribution < -0.4 is 11.3 Å². The van der Waals surface area contributed by atoms with Gasteiger partial charge in [0.25, 0.3) is 0 Å². The second-order valence-electron chi connectivity index (χ2n) is 6.48. The fourth-order valence-electron chi connectivity index (χ4n) is 3.82. The third-order valence-electron chi connectivity index (χ3n) is 4.81. The Labute approximate surface area is 100 Å². The lowest BCUT2D eigenvalue weighted by Gasteiger charge is -2.39. The quantitative estimate of drug-likeness (QED) is 0.569. The fraction of sp³-hybridized carbons (Fsp3) is 1.00. The molecule has 3 unspecified atom stereocenters. The van der Waals surface area contributed by atoms with Gasteiger partial charge in [-0.2, -0.15) is 0 Å². The highest BCUT2D eigenvalue weighted by Crippen LogP contribution is 2.38. The second-order valence-corrected chi connectivity index (χ2v) is 6.48. The van der Waals surface area contributed by atoms with Crippen molar-refractivity contribution in [2.45, 2.75) is 64.8 Å². The van der Waals surface area contributed by atoms with Gasteiger partial charge in [-0.05, 0) is 49.4 Å². The Balaban J connectivity index is 1.86. The maximum absolute atomic E-state index is 5.77. The number of nitrogens with one attached hydrogen (secondary N) is 1. The Hall–Kier alpha value is -0.0800. The van der Waals surface area contributed by atoms with Crippen LogP contribution in [0.15, 0.2) is 0 Å². The minimum atomic E-state index is 0.579. The summed E-state index contributed by atoms with van der Waals surface area (Å²) in [6.07, 6.45) is 9.82. The third-order valence-corrected chi connectivity index (χ3v) is 4.81. The van der Waals surface area contributed by atoms with Gasteiger partial charge in [-0.15, -0.1) is 0 Å². The van der Waals surface area contributed by atoms with E-state index in [0.717, 1.165) is 23.7 Å². The first-order chi connectivity index (χ1) is 7.69. The maximum atomic E-state index is 5.77. The average Bonchev–Trinajstić information content (AvgIpc) is 2.14. The minimum Gasteiger partial charge on any atom is -0.271 e. The summed E-state index contributed by atoms with van der Waals surface area (Å²) in [5.74, 6) is 9.35. The van der Waals surface area contributed by atoms with Crippen LogP contribution in [-0.2, 0) is 0 Å². The van der Waals surface area contributed by atoms with E-state index < -0.39 is 0 Å². The average molecular weight is 224 g/mol. The van der Waals surface area contributed by atoms with Crippen molar-refractivity contribution < 1.29 is 0 Å². The van der Waals surface area contributed by atoms with Gasteiger partial charge in [-0.25, -0.2) is 0 Å². The molecule has 2 nitrogen and oxygen atoms in total. The molecule has 0 saturated heterocycles. The Kier molecular flexibility index (Phi) is 4.26. The summed E-state index contributed by atoms with van der Waals surface area (Å²) < 4.78 is 0. The lowest BCUT2D eigenvalue weighted by Crippen LogP contribution is -2.45. The van der Waals surface area contributed by atoms with Gasteiger partial charge >= 0.3 is 0 Å². The van der Waals surface area contributed by atoms with Gasteiger partial charge in [-0.1, -0.05) is 33.1 Å². The molecule has 0 aromatic rings. The summed E-state index contributed by atoms with van der Waals surface area (Å²) in [5.41, 5.74) is 3.11. The van der Waals surface area contributed by atoms with Crippen LogP contribution in [0.4, 0.5) is 0 Å². The van der Waals surface area contributed by atoms with Gasteiger partial charge in [0.15, 0.2) is 0 Å². The molecule has 94 valence electrons. The Morgan fingerprint density at radius 2 is 1.75 bits per heavy atom. The van der Waals surface area contributed by atoms with Gasteiger partial charge in [-0.3, -0.25) is 11.3 Å². The zero-order valence-corrected chi connectivity index (χ0v) is 10.9. The van der Waals surface area contributed by atoms with Gasteiger partial charge in [0.1, 0.15) is 0 Å². The monoisotopic (exact) mass is 224 g/mol. The van der Waals surface area contributed by atoms with Gasteiger partial charge < -0.3 is 0 Å². The fourth-order valence-corrected chi connectivity index (χ4v) is 3.82. The summed E-state index contributed by atoms with van der Waals surface area (Å²) in [7, 11) is 0. The molecule has 0 radical (unpaired) electrons. The molecule has 3 atom stereocenters. The molecular weight excluding hydrogens is 196 g/mol. The van der Waals surface area contributed by atoms with E-state index in [1.807, 2.05) is 0 Å². The van der Waals surface area contributed by atoms with Crippen molar-refractivity contribution in [3.8, 4) is 0 Å². The SMILES string of the molecule is CC1CC(C)CC(C(CC2CCC2)NN)C1. The summed E-state index contributed by atoms with van der Waals surface area (Å²) in [6.45, 7) is 4.80. The van der Waals surface area contributed by atoms with Crippen molar-refractivity contribution in [1.82, 2.24) is 5.43 Å². The molecule has 2 fully saturated rings. The smallest absolute Gasteiger partial charge is 0.0241 e. The third kappa shape index (κ3) is 2.98.